The Kier molecular flexibility index (Phi) is 6.92. The Labute approximate surface area is 204 Å². The molecule has 2 N–H and O–H groups in total. The van der Waals surface area contributed by atoms with E-state index < -0.39 is 0 Å². The average Bonchev–Trinajstić information content (AvgIpc) is 3.44. The predicted molar refractivity (Wildman–Crippen MR) is 134 cm³/mol. The van der Waals surface area contributed by atoms with Gasteiger partial charge in [0.25, 0.3) is 0 Å². The Morgan fingerprint density at radius 1 is 1.06 bits per heavy atom. The number of aryl methyl sites for hydroxylation is 1. The van der Waals surface area contributed by atoms with Crippen molar-refractivity contribution < 1.29 is 0 Å². The minimum atomic E-state index is 0.428. The molecule has 11 heteroatoms. The smallest absolute Gasteiger partial charge is 0.176 e. The van der Waals surface area contributed by atoms with Crippen molar-refractivity contribution in [2.75, 3.05) is 10.6 Å². The average molecular weight is 534 g/mol. The maximum atomic E-state index is 5.95. The van der Waals surface area contributed by atoms with E-state index in [2.05, 4.69) is 55.7 Å². The third kappa shape index (κ3) is 5.37. The normalized spacial score (nSPS) is 11.0. The van der Waals surface area contributed by atoms with E-state index in [9.17, 15) is 0 Å². The van der Waals surface area contributed by atoms with E-state index in [1.165, 1.54) is 0 Å². The molecule has 3 aromatic heterocycles. The summed E-state index contributed by atoms with van der Waals surface area (Å²) in [4.78, 5) is 0. The van der Waals surface area contributed by atoms with Crippen molar-refractivity contribution in [1.29, 1.82) is 0 Å². The summed E-state index contributed by atoms with van der Waals surface area (Å²) in [6, 6.07) is 7.68. The van der Waals surface area contributed by atoms with Gasteiger partial charge in [-0.05, 0) is 59.7 Å². The van der Waals surface area contributed by atoms with Crippen molar-refractivity contribution >= 4 is 56.4 Å². The lowest BCUT2D eigenvalue weighted by atomic mass is 10.2. The van der Waals surface area contributed by atoms with Crippen LogP contribution in [-0.4, -0.2) is 34.5 Å². The van der Waals surface area contributed by atoms with Crippen LogP contribution in [0.2, 0.25) is 5.02 Å². The Bertz CT molecular complexity index is 1230. The van der Waals surface area contributed by atoms with Gasteiger partial charge in [0.05, 0.1) is 35.6 Å². The van der Waals surface area contributed by atoms with Crippen molar-refractivity contribution in [3.63, 3.8) is 0 Å². The van der Waals surface area contributed by atoms with E-state index in [0.717, 1.165) is 33.5 Å². The molecule has 0 fully saturated rings. The molecule has 4 rings (SSSR count). The van der Waals surface area contributed by atoms with Gasteiger partial charge in [0.2, 0.25) is 0 Å². The highest BCUT2D eigenvalue weighted by Gasteiger charge is 2.11. The third-order valence-corrected chi connectivity index (χ3v) is 5.97. The molecule has 0 unspecified atom stereocenters. The summed E-state index contributed by atoms with van der Waals surface area (Å²) >= 11 is 14.9. The van der Waals surface area contributed by atoms with Crippen LogP contribution in [0.4, 0.5) is 11.5 Å². The second-order valence-electron chi connectivity index (χ2n) is 7.23. The number of nitrogens with one attached hydrogen (secondary N) is 2. The Morgan fingerprint density at radius 3 is 2.56 bits per heavy atom. The number of aromatic nitrogens is 6. The summed E-state index contributed by atoms with van der Waals surface area (Å²) in [5, 5.41) is 20.8. The number of hydrogen-bond acceptors (Lipinski definition) is 4. The van der Waals surface area contributed by atoms with Crippen LogP contribution in [0.5, 0.6) is 0 Å². The van der Waals surface area contributed by atoms with E-state index in [0.29, 0.717) is 29.0 Å². The van der Waals surface area contributed by atoms with Gasteiger partial charge >= 0.3 is 0 Å². The maximum Gasteiger partial charge on any atom is 0.176 e. The van der Waals surface area contributed by atoms with Crippen LogP contribution in [-0.2, 0) is 19.6 Å². The summed E-state index contributed by atoms with van der Waals surface area (Å²) in [5.74, 6) is 0.631. The van der Waals surface area contributed by atoms with Gasteiger partial charge < -0.3 is 10.6 Å². The molecule has 3 heterocycles. The number of benzene rings is 1. The molecule has 0 saturated carbocycles. The number of anilines is 2. The van der Waals surface area contributed by atoms with Crippen LogP contribution in [0, 0.1) is 6.92 Å². The molecule has 0 aliphatic carbocycles. The first-order chi connectivity index (χ1) is 15.4. The fourth-order valence-corrected chi connectivity index (χ4v) is 4.01. The van der Waals surface area contributed by atoms with E-state index in [-0.39, 0.29) is 0 Å². The van der Waals surface area contributed by atoms with Crippen LogP contribution in [0.1, 0.15) is 23.7 Å². The van der Waals surface area contributed by atoms with Gasteiger partial charge in [-0.25, -0.2) is 0 Å². The van der Waals surface area contributed by atoms with Gasteiger partial charge in [0, 0.05) is 35.2 Å². The van der Waals surface area contributed by atoms with E-state index in [1.807, 2.05) is 56.9 Å². The highest BCUT2D eigenvalue weighted by atomic mass is 79.9. The Hall–Kier alpha value is -2.69. The maximum absolute atomic E-state index is 5.95. The fraction of sp³-hybridized carbons (Fsp3) is 0.238. The summed E-state index contributed by atoms with van der Waals surface area (Å²) < 4.78 is 6.47. The lowest BCUT2D eigenvalue weighted by Crippen LogP contribution is -2.19. The van der Waals surface area contributed by atoms with Gasteiger partial charge in [-0.3, -0.25) is 14.0 Å². The predicted octanol–water partition coefficient (Wildman–Crippen LogP) is 4.93. The third-order valence-electron chi connectivity index (χ3n) is 4.93. The molecule has 0 saturated heterocycles. The molecule has 32 heavy (non-hydrogen) atoms. The second kappa shape index (κ2) is 9.85. The minimum Gasteiger partial charge on any atom is -0.330 e. The van der Waals surface area contributed by atoms with Crippen LogP contribution < -0.4 is 10.6 Å². The van der Waals surface area contributed by atoms with Gasteiger partial charge in [-0.15, -0.1) is 0 Å². The molecule has 0 bridgehead atoms. The van der Waals surface area contributed by atoms with Crippen molar-refractivity contribution in [1.82, 2.24) is 29.3 Å². The lowest BCUT2D eigenvalue weighted by molar-refractivity contribution is 0.633. The highest BCUT2D eigenvalue weighted by Crippen LogP contribution is 2.21. The van der Waals surface area contributed by atoms with Crippen molar-refractivity contribution in [2.45, 2.75) is 33.5 Å². The first-order valence-corrected chi connectivity index (χ1v) is 11.6. The van der Waals surface area contributed by atoms with E-state index in [1.54, 1.807) is 6.20 Å². The Balaban J connectivity index is 1.35. The fourth-order valence-electron chi connectivity index (χ4n) is 3.26. The number of hydrogen-bond donors (Lipinski definition) is 2. The number of rotatable bonds is 7. The zero-order chi connectivity index (χ0) is 22.7. The van der Waals surface area contributed by atoms with Crippen LogP contribution >= 0.6 is 39.7 Å². The monoisotopic (exact) mass is 532 g/mol. The summed E-state index contributed by atoms with van der Waals surface area (Å²) in [5.41, 5.74) is 4.18. The summed E-state index contributed by atoms with van der Waals surface area (Å²) in [7, 11) is 0. The van der Waals surface area contributed by atoms with Gasteiger partial charge in [0.1, 0.15) is 0 Å². The van der Waals surface area contributed by atoms with Gasteiger partial charge in [-0.1, -0.05) is 23.7 Å². The molecule has 1 aromatic carbocycles. The molecule has 8 nitrogen and oxygen atoms in total. The van der Waals surface area contributed by atoms with Crippen LogP contribution in [0.25, 0.3) is 0 Å². The van der Waals surface area contributed by atoms with Crippen molar-refractivity contribution in [3.8, 4) is 0 Å². The Morgan fingerprint density at radius 2 is 1.84 bits per heavy atom. The lowest BCUT2D eigenvalue weighted by Gasteiger charge is -2.07. The molecule has 0 amide bonds. The van der Waals surface area contributed by atoms with E-state index >= 15 is 0 Å². The summed E-state index contributed by atoms with van der Waals surface area (Å²) in [6.07, 6.45) is 7.43. The molecule has 166 valence electrons. The number of nitrogens with zero attached hydrogens (tertiary/aromatic N) is 6. The first-order valence-electron chi connectivity index (χ1n) is 10.0. The topological polar surface area (TPSA) is 77.5 Å². The molecule has 0 radical (unpaired) electrons. The molecule has 4 aromatic rings. The SMILES string of the molecule is CCn1ncc(Cn2cc(NC(=S)Nc3nn(Cc4ccc(Cl)cc4)cc3Br)cn2)c1C. The highest BCUT2D eigenvalue weighted by molar-refractivity contribution is 9.10. The first kappa shape index (κ1) is 22.5. The number of thiocarbonyl (C=S) groups is 1. The van der Waals surface area contributed by atoms with Crippen LogP contribution in [0.3, 0.4) is 0 Å². The standard InChI is InChI=1S/C21H22BrClN8S/c1-3-31-14(2)16(8-25-31)11-29-12-18(9-24-29)26-21(32)27-20-19(22)13-30(28-20)10-15-4-6-17(23)7-5-15/h4-9,12-13H,3,10-11H2,1-2H3,(H2,26,27,28,32). The number of halogens is 2. The molecule has 0 atom stereocenters. The molecular formula is C21H22BrClN8S. The molecular weight excluding hydrogens is 512 g/mol. The van der Waals surface area contributed by atoms with Crippen molar-refractivity contribution in [3.05, 3.63) is 75.4 Å². The zero-order valence-corrected chi connectivity index (χ0v) is 20.7. The van der Waals surface area contributed by atoms with E-state index in [4.69, 9.17) is 23.8 Å². The van der Waals surface area contributed by atoms with Crippen molar-refractivity contribution in [2.24, 2.45) is 0 Å². The van der Waals surface area contributed by atoms with Gasteiger partial charge in [-0.2, -0.15) is 15.3 Å². The van der Waals surface area contributed by atoms with Crippen LogP contribution in [0.15, 0.2) is 53.5 Å². The van der Waals surface area contributed by atoms with Gasteiger partial charge in [0.15, 0.2) is 10.9 Å². The minimum absolute atomic E-state index is 0.428. The zero-order valence-electron chi connectivity index (χ0n) is 17.6. The largest absolute Gasteiger partial charge is 0.330 e. The molecule has 0 aliphatic heterocycles. The molecule has 0 spiro atoms. The summed E-state index contributed by atoms with van der Waals surface area (Å²) in [6.45, 7) is 6.26. The molecule has 0 aliphatic rings. The quantitative estimate of drug-likeness (QED) is 0.328. The second-order valence-corrected chi connectivity index (χ2v) is 8.93.